The highest BCUT2D eigenvalue weighted by molar-refractivity contribution is 5.77. The van der Waals surface area contributed by atoms with Gasteiger partial charge < -0.3 is 10.6 Å². The fourth-order valence-corrected chi connectivity index (χ4v) is 2.92. The molecule has 0 aliphatic rings. The largest absolute Gasteiger partial charge is 0.355 e. The molecule has 0 radical (unpaired) electrons. The van der Waals surface area contributed by atoms with E-state index in [2.05, 4.69) is 22.8 Å². The molecule has 0 fully saturated rings. The van der Waals surface area contributed by atoms with E-state index in [4.69, 9.17) is 10.5 Å². The van der Waals surface area contributed by atoms with Crippen LogP contribution in [0, 0.1) is 28.1 Å². The second-order valence-corrected chi connectivity index (χ2v) is 8.34. The predicted octanol–water partition coefficient (Wildman–Crippen LogP) is 3.25. The van der Waals surface area contributed by atoms with Gasteiger partial charge in [0.1, 0.15) is 0 Å². The standard InChI is InChI=1S/C25H28N4O2/c1-25(2,17-28-23(30)13-11-19-3-7-21(15-26)8-4-19)18-29-24(31)14-12-20-5-9-22(16-27)10-6-20/h3-10H,11-14,17-18H2,1-2H3,(H,28,30)(H,29,31). The van der Waals surface area contributed by atoms with Crippen molar-refractivity contribution in [2.45, 2.75) is 39.5 Å². The highest BCUT2D eigenvalue weighted by atomic mass is 16.2. The van der Waals surface area contributed by atoms with Gasteiger partial charge in [-0.1, -0.05) is 38.1 Å². The van der Waals surface area contributed by atoms with Gasteiger partial charge >= 0.3 is 0 Å². The van der Waals surface area contributed by atoms with Crippen LogP contribution in [0.1, 0.15) is 48.9 Å². The van der Waals surface area contributed by atoms with Gasteiger partial charge in [0.15, 0.2) is 0 Å². The Balaban J connectivity index is 1.66. The van der Waals surface area contributed by atoms with Gasteiger partial charge in [0.2, 0.25) is 11.8 Å². The molecule has 2 aromatic carbocycles. The molecule has 31 heavy (non-hydrogen) atoms. The van der Waals surface area contributed by atoms with Crippen molar-refractivity contribution in [1.82, 2.24) is 10.6 Å². The van der Waals surface area contributed by atoms with Crippen molar-refractivity contribution in [2.75, 3.05) is 13.1 Å². The Bertz CT molecular complexity index is 885. The molecule has 0 spiro atoms. The first-order valence-electron chi connectivity index (χ1n) is 10.3. The maximum atomic E-state index is 12.2. The van der Waals surface area contributed by atoms with Crippen LogP contribution in [0.4, 0.5) is 0 Å². The third kappa shape index (κ3) is 8.72. The zero-order chi connectivity index (χ0) is 22.7. The maximum Gasteiger partial charge on any atom is 0.220 e. The highest BCUT2D eigenvalue weighted by Gasteiger charge is 2.20. The van der Waals surface area contributed by atoms with Crippen molar-refractivity contribution >= 4 is 11.8 Å². The van der Waals surface area contributed by atoms with E-state index in [1.54, 1.807) is 24.3 Å². The first-order valence-corrected chi connectivity index (χ1v) is 10.3. The number of nitrogens with one attached hydrogen (secondary N) is 2. The van der Waals surface area contributed by atoms with Gasteiger partial charge in [-0.15, -0.1) is 0 Å². The minimum Gasteiger partial charge on any atom is -0.355 e. The van der Waals surface area contributed by atoms with Gasteiger partial charge in [-0.3, -0.25) is 9.59 Å². The third-order valence-corrected chi connectivity index (χ3v) is 4.98. The van der Waals surface area contributed by atoms with E-state index in [0.29, 0.717) is 49.9 Å². The van der Waals surface area contributed by atoms with Gasteiger partial charge in [-0.2, -0.15) is 10.5 Å². The maximum absolute atomic E-state index is 12.2. The van der Waals surface area contributed by atoms with Gasteiger partial charge in [-0.05, 0) is 53.6 Å². The lowest BCUT2D eigenvalue weighted by Gasteiger charge is -2.25. The SMILES string of the molecule is CC(C)(CNC(=O)CCc1ccc(C#N)cc1)CNC(=O)CCc1ccc(C#N)cc1. The normalized spacial score (nSPS) is 10.6. The number of nitriles is 2. The van der Waals surface area contributed by atoms with E-state index in [1.165, 1.54) is 0 Å². The topological polar surface area (TPSA) is 106 Å². The van der Waals surface area contributed by atoms with Crippen LogP contribution >= 0.6 is 0 Å². The lowest BCUT2D eigenvalue weighted by atomic mass is 9.93. The summed E-state index contributed by atoms with van der Waals surface area (Å²) in [5.74, 6) is -0.0749. The minimum atomic E-state index is -0.270. The van der Waals surface area contributed by atoms with E-state index in [0.717, 1.165) is 11.1 Å². The van der Waals surface area contributed by atoms with Gasteiger partial charge in [-0.25, -0.2) is 0 Å². The monoisotopic (exact) mass is 416 g/mol. The summed E-state index contributed by atoms with van der Waals surface area (Å²) in [6.45, 7) is 4.92. The Labute approximate surface area is 183 Å². The molecule has 2 N–H and O–H groups in total. The van der Waals surface area contributed by atoms with Gasteiger partial charge in [0.05, 0.1) is 23.3 Å². The highest BCUT2D eigenvalue weighted by Crippen LogP contribution is 2.13. The number of amides is 2. The van der Waals surface area contributed by atoms with Crippen LogP contribution in [-0.4, -0.2) is 24.9 Å². The molecule has 0 unspecified atom stereocenters. The van der Waals surface area contributed by atoms with Crippen molar-refractivity contribution in [3.8, 4) is 12.1 Å². The lowest BCUT2D eigenvalue weighted by Crippen LogP contribution is -2.42. The summed E-state index contributed by atoms with van der Waals surface area (Å²) >= 11 is 0. The molecule has 0 heterocycles. The van der Waals surface area contributed by atoms with Crippen LogP contribution in [-0.2, 0) is 22.4 Å². The Morgan fingerprint density at radius 2 is 1.10 bits per heavy atom. The number of rotatable bonds is 10. The van der Waals surface area contributed by atoms with E-state index in [-0.39, 0.29) is 17.2 Å². The number of carbonyl (C=O) groups is 2. The van der Waals surface area contributed by atoms with E-state index < -0.39 is 0 Å². The summed E-state index contributed by atoms with van der Waals surface area (Å²) in [6, 6.07) is 18.6. The van der Waals surface area contributed by atoms with Crippen LogP contribution in [0.3, 0.4) is 0 Å². The van der Waals surface area contributed by atoms with Crippen molar-refractivity contribution in [2.24, 2.45) is 5.41 Å². The van der Waals surface area contributed by atoms with Gasteiger partial charge in [0, 0.05) is 25.9 Å². The Morgan fingerprint density at radius 1 is 0.742 bits per heavy atom. The van der Waals surface area contributed by atoms with Gasteiger partial charge in [0.25, 0.3) is 0 Å². The number of aryl methyl sites for hydroxylation is 2. The molecule has 0 aliphatic heterocycles. The Hall–Kier alpha value is -3.64. The number of benzene rings is 2. The number of hydrogen-bond acceptors (Lipinski definition) is 4. The summed E-state index contributed by atoms with van der Waals surface area (Å²) in [5, 5.41) is 23.5. The Kier molecular flexibility index (Phi) is 8.78. The zero-order valence-corrected chi connectivity index (χ0v) is 18.1. The summed E-state index contributed by atoms with van der Waals surface area (Å²) in [5.41, 5.74) is 2.97. The molecule has 2 rings (SSSR count). The molecule has 0 aromatic heterocycles. The Morgan fingerprint density at radius 3 is 1.42 bits per heavy atom. The molecule has 0 atom stereocenters. The molecule has 0 saturated carbocycles. The molecule has 2 amide bonds. The van der Waals surface area contributed by atoms with E-state index in [9.17, 15) is 9.59 Å². The fraction of sp³-hybridized carbons (Fsp3) is 0.360. The number of hydrogen-bond donors (Lipinski definition) is 2. The average molecular weight is 417 g/mol. The second-order valence-electron chi connectivity index (χ2n) is 8.34. The first kappa shape index (κ1) is 23.6. The van der Waals surface area contributed by atoms with Crippen molar-refractivity contribution < 1.29 is 9.59 Å². The van der Waals surface area contributed by atoms with Crippen LogP contribution < -0.4 is 10.6 Å². The van der Waals surface area contributed by atoms with Crippen molar-refractivity contribution in [3.05, 3.63) is 70.8 Å². The third-order valence-electron chi connectivity index (χ3n) is 4.98. The van der Waals surface area contributed by atoms with Crippen LogP contribution in [0.15, 0.2) is 48.5 Å². The van der Waals surface area contributed by atoms with Crippen molar-refractivity contribution in [1.29, 1.82) is 10.5 Å². The lowest BCUT2D eigenvalue weighted by molar-refractivity contribution is -0.121. The number of carbonyl (C=O) groups excluding carboxylic acids is 2. The summed E-state index contributed by atoms with van der Waals surface area (Å²) < 4.78 is 0. The molecular formula is C25H28N4O2. The molecular weight excluding hydrogens is 388 g/mol. The zero-order valence-electron chi connectivity index (χ0n) is 18.1. The summed E-state index contributed by atoms with van der Waals surface area (Å²) in [4.78, 5) is 24.3. The molecule has 160 valence electrons. The smallest absolute Gasteiger partial charge is 0.220 e. The molecule has 6 heteroatoms. The second kappa shape index (κ2) is 11.5. The van der Waals surface area contributed by atoms with Crippen LogP contribution in [0.2, 0.25) is 0 Å². The summed E-state index contributed by atoms with van der Waals surface area (Å²) in [6.07, 6.45) is 1.98. The van der Waals surface area contributed by atoms with Crippen LogP contribution in [0.25, 0.3) is 0 Å². The first-order chi connectivity index (χ1) is 14.8. The van der Waals surface area contributed by atoms with Crippen molar-refractivity contribution in [3.63, 3.8) is 0 Å². The predicted molar refractivity (Wildman–Crippen MR) is 119 cm³/mol. The molecule has 6 nitrogen and oxygen atoms in total. The number of nitrogens with zero attached hydrogens (tertiary/aromatic N) is 2. The average Bonchev–Trinajstić information content (AvgIpc) is 2.79. The summed E-state index contributed by atoms with van der Waals surface area (Å²) in [7, 11) is 0. The van der Waals surface area contributed by atoms with E-state index >= 15 is 0 Å². The molecule has 0 saturated heterocycles. The van der Waals surface area contributed by atoms with Crippen LogP contribution in [0.5, 0.6) is 0 Å². The minimum absolute atomic E-state index is 0.0374. The molecule has 2 aromatic rings. The quantitative estimate of drug-likeness (QED) is 0.620. The molecule has 0 bridgehead atoms. The molecule has 0 aliphatic carbocycles. The fourth-order valence-electron chi connectivity index (χ4n) is 2.92. The van der Waals surface area contributed by atoms with E-state index in [1.807, 2.05) is 38.1 Å².